The molecular formula is C19H21N5O. The normalized spacial score (nSPS) is 10.4. The van der Waals surface area contributed by atoms with Gasteiger partial charge in [0.1, 0.15) is 0 Å². The molecule has 1 aromatic carbocycles. The van der Waals surface area contributed by atoms with Gasteiger partial charge < -0.3 is 10.6 Å². The van der Waals surface area contributed by atoms with Gasteiger partial charge in [-0.3, -0.25) is 9.67 Å². The van der Waals surface area contributed by atoms with Gasteiger partial charge in [0.2, 0.25) is 0 Å². The summed E-state index contributed by atoms with van der Waals surface area (Å²) in [5.74, 6) is 0. The predicted octanol–water partition coefficient (Wildman–Crippen LogP) is 2.49. The third-order valence-corrected chi connectivity index (χ3v) is 3.79. The number of nitrogens with zero attached hydrogens (tertiary/aromatic N) is 3. The lowest BCUT2D eigenvalue weighted by Crippen LogP contribution is -2.38. The highest BCUT2D eigenvalue weighted by Gasteiger charge is 2.03. The fourth-order valence-electron chi connectivity index (χ4n) is 2.47. The number of carbonyl (C=O) groups excluding carboxylic acids is 1. The Hall–Kier alpha value is -3.15. The summed E-state index contributed by atoms with van der Waals surface area (Å²) in [6.45, 7) is 1.76. The molecule has 0 bridgehead atoms. The van der Waals surface area contributed by atoms with E-state index in [1.54, 1.807) is 12.4 Å². The van der Waals surface area contributed by atoms with Crippen LogP contribution in [0.15, 0.2) is 67.1 Å². The Morgan fingerprint density at radius 2 is 1.72 bits per heavy atom. The number of benzene rings is 1. The van der Waals surface area contributed by atoms with E-state index >= 15 is 0 Å². The fraction of sp³-hybridized carbons (Fsp3) is 0.211. The van der Waals surface area contributed by atoms with Crippen molar-refractivity contribution in [2.45, 2.75) is 13.0 Å². The molecule has 0 aliphatic heterocycles. The minimum absolute atomic E-state index is 0.155. The molecule has 6 nitrogen and oxygen atoms in total. The Labute approximate surface area is 146 Å². The van der Waals surface area contributed by atoms with E-state index in [2.05, 4.69) is 32.8 Å². The van der Waals surface area contributed by atoms with E-state index < -0.39 is 0 Å². The third-order valence-electron chi connectivity index (χ3n) is 3.79. The Bertz CT molecular complexity index is 786. The smallest absolute Gasteiger partial charge is 0.314 e. The van der Waals surface area contributed by atoms with Crippen LogP contribution in [0.3, 0.4) is 0 Å². The van der Waals surface area contributed by atoms with Gasteiger partial charge in [-0.15, -0.1) is 0 Å². The first-order chi connectivity index (χ1) is 12.3. The van der Waals surface area contributed by atoms with Crippen molar-refractivity contribution in [1.29, 1.82) is 0 Å². The molecule has 0 spiro atoms. The number of carbonyl (C=O) groups is 1. The molecule has 3 rings (SSSR count). The monoisotopic (exact) mass is 335 g/mol. The molecule has 0 atom stereocenters. The van der Waals surface area contributed by atoms with Crippen LogP contribution in [0.4, 0.5) is 4.79 Å². The zero-order valence-electron chi connectivity index (χ0n) is 13.9. The molecule has 2 amide bonds. The average molecular weight is 335 g/mol. The summed E-state index contributed by atoms with van der Waals surface area (Å²) in [5.41, 5.74) is 3.14. The van der Waals surface area contributed by atoms with E-state index in [0.29, 0.717) is 19.6 Å². The van der Waals surface area contributed by atoms with Gasteiger partial charge >= 0.3 is 6.03 Å². The van der Waals surface area contributed by atoms with Crippen molar-refractivity contribution in [2.75, 3.05) is 13.1 Å². The Morgan fingerprint density at radius 3 is 2.52 bits per heavy atom. The van der Waals surface area contributed by atoms with E-state index in [1.165, 1.54) is 5.56 Å². The molecule has 2 aromatic heterocycles. The van der Waals surface area contributed by atoms with E-state index in [0.717, 1.165) is 17.7 Å². The highest BCUT2D eigenvalue weighted by molar-refractivity contribution is 5.73. The van der Waals surface area contributed by atoms with Crippen LogP contribution in [0.25, 0.3) is 11.3 Å². The molecular weight excluding hydrogens is 314 g/mol. The molecule has 128 valence electrons. The van der Waals surface area contributed by atoms with Crippen molar-refractivity contribution in [2.24, 2.45) is 0 Å². The number of nitrogens with one attached hydrogen (secondary N) is 2. The number of rotatable bonds is 7. The van der Waals surface area contributed by atoms with E-state index in [1.807, 2.05) is 47.3 Å². The number of hydrogen-bond acceptors (Lipinski definition) is 3. The summed E-state index contributed by atoms with van der Waals surface area (Å²) >= 11 is 0. The van der Waals surface area contributed by atoms with Gasteiger partial charge in [0, 0.05) is 37.2 Å². The molecule has 0 aliphatic rings. The summed E-state index contributed by atoms with van der Waals surface area (Å²) < 4.78 is 1.82. The van der Waals surface area contributed by atoms with Crippen molar-refractivity contribution in [1.82, 2.24) is 25.4 Å². The first-order valence-corrected chi connectivity index (χ1v) is 8.31. The van der Waals surface area contributed by atoms with E-state index in [9.17, 15) is 4.79 Å². The first-order valence-electron chi connectivity index (χ1n) is 8.31. The molecule has 0 unspecified atom stereocenters. The summed E-state index contributed by atoms with van der Waals surface area (Å²) in [4.78, 5) is 15.8. The molecule has 3 aromatic rings. The number of hydrogen-bond donors (Lipinski definition) is 2. The van der Waals surface area contributed by atoms with Gasteiger partial charge in [0.15, 0.2) is 0 Å². The Morgan fingerprint density at radius 1 is 0.960 bits per heavy atom. The largest absolute Gasteiger partial charge is 0.338 e. The standard InChI is InChI=1S/C19H21N5O/c25-19(21-12-6-16-4-2-1-3-5-16)22-13-15-24-14-9-18(23-24)17-7-10-20-11-8-17/h1-5,7-11,14H,6,12-13,15H2,(H2,21,22,25). The minimum atomic E-state index is -0.155. The summed E-state index contributed by atoms with van der Waals surface area (Å²) in [5, 5.41) is 10.2. The van der Waals surface area contributed by atoms with Crippen LogP contribution in [-0.4, -0.2) is 33.9 Å². The lowest BCUT2D eigenvalue weighted by molar-refractivity contribution is 0.240. The van der Waals surface area contributed by atoms with Crippen molar-refractivity contribution in [3.8, 4) is 11.3 Å². The first kappa shape index (κ1) is 16.7. The van der Waals surface area contributed by atoms with Gasteiger partial charge in [-0.1, -0.05) is 30.3 Å². The summed E-state index contributed by atoms with van der Waals surface area (Å²) in [6, 6.07) is 15.7. The number of pyridine rings is 1. The zero-order valence-corrected chi connectivity index (χ0v) is 13.9. The summed E-state index contributed by atoms with van der Waals surface area (Å²) in [7, 11) is 0. The van der Waals surface area contributed by atoms with Gasteiger partial charge in [0.05, 0.1) is 12.2 Å². The fourth-order valence-corrected chi connectivity index (χ4v) is 2.47. The highest BCUT2D eigenvalue weighted by atomic mass is 16.2. The highest BCUT2D eigenvalue weighted by Crippen LogP contribution is 2.14. The maximum Gasteiger partial charge on any atom is 0.314 e. The lowest BCUT2D eigenvalue weighted by atomic mass is 10.1. The molecule has 0 aliphatic carbocycles. The van der Waals surface area contributed by atoms with Crippen LogP contribution >= 0.6 is 0 Å². The maximum absolute atomic E-state index is 11.8. The molecule has 0 fully saturated rings. The van der Waals surface area contributed by atoms with Crippen molar-refractivity contribution < 1.29 is 4.79 Å². The predicted molar refractivity (Wildman–Crippen MR) is 97.0 cm³/mol. The second kappa shape index (κ2) is 8.63. The molecule has 2 heterocycles. The van der Waals surface area contributed by atoms with Crippen LogP contribution in [0, 0.1) is 0 Å². The number of amides is 2. The van der Waals surface area contributed by atoms with Crippen LogP contribution in [0.5, 0.6) is 0 Å². The number of aromatic nitrogens is 3. The Kier molecular flexibility index (Phi) is 5.77. The molecule has 0 radical (unpaired) electrons. The van der Waals surface area contributed by atoms with Crippen LogP contribution < -0.4 is 10.6 Å². The van der Waals surface area contributed by atoms with E-state index in [-0.39, 0.29) is 6.03 Å². The third kappa shape index (κ3) is 5.17. The second-order valence-electron chi connectivity index (χ2n) is 5.62. The van der Waals surface area contributed by atoms with Crippen LogP contribution in [0.1, 0.15) is 5.56 Å². The van der Waals surface area contributed by atoms with Crippen molar-refractivity contribution >= 4 is 6.03 Å². The van der Waals surface area contributed by atoms with Gasteiger partial charge in [-0.2, -0.15) is 5.10 Å². The zero-order chi connectivity index (χ0) is 17.3. The quantitative estimate of drug-likeness (QED) is 0.697. The van der Waals surface area contributed by atoms with Crippen LogP contribution in [-0.2, 0) is 13.0 Å². The molecule has 25 heavy (non-hydrogen) atoms. The van der Waals surface area contributed by atoms with Gasteiger partial charge in [0.25, 0.3) is 0 Å². The molecule has 6 heteroatoms. The SMILES string of the molecule is O=C(NCCc1ccccc1)NCCn1ccc(-c2ccncc2)n1. The second-order valence-corrected chi connectivity index (χ2v) is 5.62. The number of urea groups is 1. The lowest BCUT2D eigenvalue weighted by Gasteiger charge is -2.08. The maximum atomic E-state index is 11.8. The Balaban J connectivity index is 1.36. The summed E-state index contributed by atoms with van der Waals surface area (Å²) in [6.07, 6.45) is 6.22. The van der Waals surface area contributed by atoms with Gasteiger partial charge in [-0.25, -0.2) is 4.79 Å². The van der Waals surface area contributed by atoms with E-state index in [4.69, 9.17) is 0 Å². The van der Waals surface area contributed by atoms with Gasteiger partial charge in [-0.05, 0) is 30.2 Å². The van der Waals surface area contributed by atoms with Crippen LogP contribution in [0.2, 0.25) is 0 Å². The van der Waals surface area contributed by atoms with Crippen molar-refractivity contribution in [3.63, 3.8) is 0 Å². The average Bonchev–Trinajstić information content (AvgIpc) is 3.12. The molecule has 0 saturated carbocycles. The van der Waals surface area contributed by atoms with Crippen molar-refractivity contribution in [3.05, 3.63) is 72.7 Å². The minimum Gasteiger partial charge on any atom is -0.338 e. The molecule has 0 saturated heterocycles. The molecule has 2 N–H and O–H groups in total. The topological polar surface area (TPSA) is 71.8 Å².